The first-order valence-corrected chi connectivity index (χ1v) is 12.4. The summed E-state index contributed by atoms with van der Waals surface area (Å²) < 4.78 is 6.13. The van der Waals surface area contributed by atoms with Gasteiger partial charge in [0.2, 0.25) is 0 Å². The van der Waals surface area contributed by atoms with E-state index in [0.717, 1.165) is 19.3 Å². The van der Waals surface area contributed by atoms with E-state index in [4.69, 9.17) is 4.43 Å². The zero-order valence-corrected chi connectivity index (χ0v) is 17.2. The molecule has 0 saturated heterocycles. The Morgan fingerprint density at radius 2 is 1.36 bits per heavy atom. The Morgan fingerprint density at radius 3 is 1.86 bits per heavy atom. The van der Waals surface area contributed by atoms with Gasteiger partial charge in [-0.1, -0.05) is 79.1 Å². The first-order chi connectivity index (χ1) is 10.2. The van der Waals surface area contributed by atoms with Crippen LogP contribution in [0, 0.1) is 0 Å². The lowest BCUT2D eigenvalue weighted by atomic mass is 10.0. The maximum atomic E-state index is 10.1. The molecule has 0 fully saturated rings. The third-order valence-electron chi connectivity index (χ3n) is 5.11. The van der Waals surface area contributed by atoms with Crippen LogP contribution in [0.5, 0.6) is 0 Å². The van der Waals surface area contributed by atoms with Crippen LogP contribution >= 0.6 is 0 Å². The van der Waals surface area contributed by atoms with E-state index in [1.165, 1.54) is 44.9 Å². The molecule has 0 rings (SSSR count). The zero-order chi connectivity index (χ0) is 17.1. The van der Waals surface area contributed by atoms with Crippen LogP contribution in [0.2, 0.25) is 18.1 Å². The molecule has 2 nitrogen and oxygen atoms in total. The molecule has 1 unspecified atom stereocenters. The van der Waals surface area contributed by atoms with Gasteiger partial charge in [-0.3, -0.25) is 0 Å². The summed E-state index contributed by atoms with van der Waals surface area (Å²) in [6, 6.07) is 0. The van der Waals surface area contributed by atoms with Crippen molar-refractivity contribution in [2.75, 3.05) is 6.61 Å². The Morgan fingerprint density at radius 1 is 0.864 bits per heavy atom. The van der Waals surface area contributed by atoms with E-state index >= 15 is 0 Å². The molecule has 0 saturated carbocycles. The normalized spacial score (nSPS) is 14.3. The third kappa shape index (κ3) is 10.8. The van der Waals surface area contributed by atoms with Gasteiger partial charge in [0, 0.05) is 6.61 Å². The van der Waals surface area contributed by atoms with E-state index < -0.39 is 8.32 Å². The maximum absolute atomic E-state index is 10.1. The monoisotopic (exact) mass is 330 g/mol. The summed E-state index contributed by atoms with van der Waals surface area (Å²) in [5, 5.41) is 10.3. The van der Waals surface area contributed by atoms with E-state index in [2.05, 4.69) is 40.8 Å². The highest BCUT2D eigenvalue weighted by Gasteiger charge is 2.36. The van der Waals surface area contributed by atoms with E-state index in [1.807, 2.05) is 0 Å². The fraction of sp³-hybridized carbons (Fsp3) is 1.00. The molecule has 0 aromatic carbocycles. The van der Waals surface area contributed by atoms with Crippen LogP contribution in [0.4, 0.5) is 0 Å². The van der Waals surface area contributed by atoms with Crippen LogP contribution in [0.1, 0.15) is 91.9 Å². The van der Waals surface area contributed by atoms with Crippen LogP contribution < -0.4 is 0 Å². The van der Waals surface area contributed by atoms with Gasteiger partial charge in [0.15, 0.2) is 8.32 Å². The van der Waals surface area contributed by atoms with Crippen LogP contribution in [0.15, 0.2) is 0 Å². The summed E-state index contributed by atoms with van der Waals surface area (Å²) >= 11 is 0. The van der Waals surface area contributed by atoms with E-state index in [0.29, 0.717) is 6.61 Å². The minimum absolute atomic E-state index is 0.176. The molecule has 134 valence electrons. The lowest BCUT2D eigenvalue weighted by Gasteiger charge is -2.36. The van der Waals surface area contributed by atoms with Gasteiger partial charge in [0.1, 0.15) is 0 Å². The molecule has 0 spiro atoms. The molecule has 0 aromatic heterocycles. The van der Waals surface area contributed by atoms with Crippen molar-refractivity contribution in [2.45, 2.75) is 116 Å². The predicted molar refractivity (Wildman–Crippen MR) is 101 cm³/mol. The zero-order valence-electron chi connectivity index (χ0n) is 16.2. The average molecular weight is 331 g/mol. The molecule has 0 aromatic rings. The SMILES string of the molecule is CCCCCCCCCCC(O)CCO[Si](C)(C)C(C)(C)C. The van der Waals surface area contributed by atoms with Crippen molar-refractivity contribution in [2.24, 2.45) is 0 Å². The van der Waals surface area contributed by atoms with Gasteiger partial charge in [-0.2, -0.15) is 0 Å². The number of hydrogen-bond acceptors (Lipinski definition) is 2. The molecule has 0 aliphatic rings. The summed E-state index contributed by atoms with van der Waals surface area (Å²) in [4.78, 5) is 0. The third-order valence-corrected chi connectivity index (χ3v) is 9.65. The van der Waals surface area contributed by atoms with Crippen LogP contribution in [0.3, 0.4) is 0 Å². The molecule has 0 radical (unpaired) electrons. The number of rotatable bonds is 13. The van der Waals surface area contributed by atoms with Gasteiger partial charge in [-0.25, -0.2) is 0 Å². The Labute approximate surface area is 141 Å². The van der Waals surface area contributed by atoms with Gasteiger partial charge in [0.25, 0.3) is 0 Å². The Hall–Kier alpha value is 0.137. The van der Waals surface area contributed by atoms with Crippen molar-refractivity contribution < 1.29 is 9.53 Å². The number of hydrogen-bond donors (Lipinski definition) is 1. The Kier molecular flexibility index (Phi) is 11.7. The molecule has 0 aliphatic heterocycles. The van der Waals surface area contributed by atoms with Crippen molar-refractivity contribution in [3.63, 3.8) is 0 Å². The minimum atomic E-state index is -1.64. The number of aliphatic hydroxyl groups is 1. The highest BCUT2D eigenvalue weighted by atomic mass is 28.4. The maximum Gasteiger partial charge on any atom is 0.191 e. The summed E-state index contributed by atoms with van der Waals surface area (Å²) in [7, 11) is -1.64. The highest BCUT2D eigenvalue weighted by Crippen LogP contribution is 2.36. The van der Waals surface area contributed by atoms with E-state index in [-0.39, 0.29) is 11.1 Å². The minimum Gasteiger partial charge on any atom is -0.417 e. The molecule has 0 amide bonds. The average Bonchev–Trinajstić information content (AvgIpc) is 2.40. The summed E-state index contributed by atoms with van der Waals surface area (Å²) in [6.45, 7) is 14.3. The standard InChI is InChI=1S/C19H42O2Si/c1-7-8-9-10-11-12-13-14-15-18(20)16-17-21-22(5,6)19(2,3)4/h18,20H,7-17H2,1-6H3. The smallest absolute Gasteiger partial charge is 0.191 e. The van der Waals surface area contributed by atoms with Gasteiger partial charge < -0.3 is 9.53 Å². The van der Waals surface area contributed by atoms with Gasteiger partial charge in [-0.05, 0) is 31.0 Å². The van der Waals surface area contributed by atoms with Crippen molar-refractivity contribution in [3.8, 4) is 0 Å². The van der Waals surface area contributed by atoms with Crippen molar-refractivity contribution in [3.05, 3.63) is 0 Å². The molecule has 0 aliphatic carbocycles. The molecule has 0 bridgehead atoms. The van der Waals surface area contributed by atoms with Crippen LogP contribution in [0.25, 0.3) is 0 Å². The molecule has 22 heavy (non-hydrogen) atoms. The first kappa shape index (κ1) is 22.1. The highest BCUT2D eigenvalue weighted by molar-refractivity contribution is 6.74. The summed E-state index contributed by atoms with van der Waals surface area (Å²) in [5.41, 5.74) is 0. The number of unbranched alkanes of at least 4 members (excludes halogenated alkanes) is 7. The molecular formula is C19H42O2Si. The lowest BCUT2D eigenvalue weighted by Crippen LogP contribution is -2.41. The Bertz CT molecular complexity index is 259. The van der Waals surface area contributed by atoms with Crippen molar-refractivity contribution in [1.82, 2.24) is 0 Å². The fourth-order valence-electron chi connectivity index (χ4n) is 2.32. The Balaban J connectivity index is 3.53. The summed E-state index contributed by atoms with van der Waals surface area (Å²) in [6.07, 6.45) is 12.2. The van der Waals surface area contributed by atoms with E-state index in [9.17, 15) is 5.11 Å². The lowest BCUT2D eigenvalue weighted by molar-refractivity contribution is 0.124. The van der Waals surface area contributed by atoms with Crippen LogP contribution in [-0.2, 0) is 4.43 Å². The quantitative estimate of drug-likeness (QED) is 0.317. The fourth-order valence-corrected chi connectivity index (χ4v) is 3.39. The van der Waals surface area contributed by atoms with Crippen molar-refractivity contribution in [1.29, 1.82) is 0 Å². The van der Waals surface area contributed by atoms with Crippen LogP contribution in [-0.4, -0.2) is 26.1 Å². The molecular weight excluding hydrogens is 288 g/mol. The largest absolute Gasteiger partial charge is 0.417 e. The second kappa shape index (κ2) is 11.6. The predicted octanol–water partition coefficient (Wildman–Crippen LogP) is 6.29. The molecule has 1 N–H and O–H groups in total. The van der Waals surface area contributed by atoms with Gasteiger partial charge in [-0.15, -0.1) is 0 Å². The molecule has 0 heterocycles. The molecule has 3 heteroatoms. The summed E-state index contributed by atoms with van der Waals surface area (Å²) in [5.74, 6) is 0. The second-order valence-electron chi connectivity index (χ2n) is 8.31. The number of aliphatic hydroxyl groups excluding tert-OH is 1. The van der Waals surface area contributed by atoms with E-state index in [1.54, 1.807) is 0 Å². The topological polar surface area (TPSA) is 29.5 Å². The second-order valence-corrected chi connectivity index (χ2v) is 13.1. The van der Waals surface area contributed by atoms with Gasteiger partial charge >= 0.3 is 0 Å². The van der Waals surface area contributed by atoms with Crippen molar-refractivity contribution >= 4 is 8.32 Å². The van der Waals surface area contributed by atoms with Gasteiger partial charge in [0.05, 0.1) is 6.10 Å². The first-order valence-electron chi connectivity index (χ1n) is 9.52. The molecule has 1 atom stereocenters.